The Morgan fingerprint density at radius 1 is 1.55 bits per heavy atom. The number of hydrogen-bond acceptors (Lipinski definition) is 2. The van der Waals surface area contributed by atoms with Gasteiger partial charge in [-0.25, -0.2) is 0 Å². The lowest BCUT2D eigenvalue weighted by Crippen LogP contribution is -2.06. The highest BCUT2D eigenvalue weighted by atomic mass is 16.4. The quantitative estimate of drug-likeness (QED) is 0.612. The van der Waals surface area contributed by atoms with Crippen LogP contribution in [-0.2, 0) is 4.79 Å². The second-order valence-electron chi connectivity index (χ2n) is 2.97. The molecule has 0 aliphatic carbocycles. The Morgan fingerprint density at radius 3 is 2.64 bits per heavy atom. The van der Waals surface area contributed by atoms with Crippen LogP contribution in [0.15, 0.2) is 0 Å². The van der Waals surface area contributed by atoms with Gasteiger partial charge in [0.2, 0.25) is 0 Å². The van der Waals surface area contributed by atoms with Gasteiger partial charge in [0.05, 0.1) is 0 Å². The second kappa shape index (κ2) is 6.16. The highest BCUT2D eigenvalue weighted by molar-refractivity contribution is 5.66. The average Bonchev–Trinajstić information content (AvgIpc) is 1.87. The first-order valence-corrected chi connectivity index (χ1v) is 4.08. The van der Waals surface area contributed by atoms with Gasteiger partial charge in [-0.05, 0) is 25.3 Å². The smallest absolute Gasteiger partial charge is 0.303 e. The molecule has 11 heavy (non-hydrogen) atoms. The third-order valence-electron chi connectivity index (χ3n) is 1.75. The minimum atomic E-state index is -0.704. The summed E-state index contributed by atoms with van der Waals surface area (Å²) >= 11 is 0. The second-order valence-corrected chi connectivity index (χ2v) is 2.97. The van der Waals surface area contributed by atoms with Crippen LogP contribution >= 0.6 is 0 Å². The van der Waals surface area contributed by atoms with Crippen molar-refractivity contribution in [1.82, 2.24) is 0 Å². The zero-order chi connectivity index (χ0) is 8.69. The first kappa shape index (κ1) is 10.4. The number of carboxylic acid groups (broad SMARTS) is 1. The summed E-state index contributed by atoms with van der Waals surface area (Å²) in [5.74, 6) is -0.135. The Hall–Kier alpha value is -0.570. The van der Waals surface area contributed by atoms with E-state index >= 15 is 0 Å². The summed E-state index contributed by atoms with van der Waals surface area (Å²) in [5.41, 5.74) is 5.34. The van der Waals surface area contributed by atoms with E-state index in [1.807, 2.05) is 0 Å². The topological polar surface area (TPSA) is 63.3 Å². The molecule has 0 radical (unpaired) electrons. The highest BCUT2D eigenvalue weighted by Crippen LogP contribution is 2.10. The summed E-state index contributed by atoms with van der Waals surface area (Å²) in [6, 6.07) is 0. The Morgan fingerprint density at radius 2 is 2.18 bits per heavy atom. The molecular weight excluding hydrogens is 142 g/mol. The van der Waals surface area contributed by atoms with Crippen molar-refractivity contribution in [3.8, 4) is 0 Å². The number of carbonyl (C=O) groups is 1. The summed E-state index contributed by atoms with van der Waals surface area (Å²) in [7, 11) is 0. The molecule has 0 fully saturated rings. The first-order valence-electron chi connectivity index (χ1n) is 4.08. The molecule has 3 nitrogen and oxygen atoms in total. The molecule has 3 N–H and O–H groups in total. The van der Waals surface area contributed by atoms with Gasteiger partial charge in [0.15, 0.2) is 0 Å². The molecule has 3 heteroatoms. The number of hydrogen-bond donors (Lipinski definition) is 2. The lowest BCUT2D eigenvalue weighted by molar-refractivity contribution is -0.137. The van der Waals surface area contributed by atoms with E-state index in [9.17, 15) is 4.79 Å². The molecule has 0 unspecified atom stereocenters. The molecule has 0 spiro atoms. The molecule has 0 heterocycles. The van der Waals surface area contributed by atoms with Crippen molar-refractivity contribution in [3.05, 3.63) is 0 Å². The molecule has 66 valence electrons. The average molecular weight is 159 g/mol. The van der Waals surface area contributed by atoms with Crippen LogP contribution in [0.5, 0.6) is 0 Å². The Bertz CT molecular complexity index is 115. The van der Waals surface area contributed by atoms with Crippen LogP contribution in [0.2, 0.25) is 0 Å². The summed E-state index contributed by atoms with van der Waals surface area (Å²) in [4.78, 5) is 10.1. The summed E-state index contributed by atoms with van der Waals surface area (Å²) in [6.45, 7) is 2.81. The third kappa shape index (κ3) is 7.33. The molecule has 0 amide bonds. The maximum absolute atomic E-state index is 10.1. The summed E-state index contributed by atoms with van der Waals surface area (Å²) in [6.07, 6.45) is 3.04. The van der Waals surface area contributed by atoms with Crippen LogP contribution in [0.4, 0.5) is 0 Å². The fraction of sp³-hybridized carbons (Fsp3) is 0.875. The van der Waals surface area contributed by atoms with Crippen LogP contribution in [0.1, 0.15) is 32.6 Å². The minimum Gasteiger partial charge on any atom is -0.481 e. The van der Waals surface area contributed by atoms with E-state index < -0.39 is 5.97 Å². The van der Waals surface area contributed by atoms with Crippen molar-refractivity contribution in [3.63, 3.8) is 0 Å². The van der Waals surface area contributed by atoms with E-state index in [1.54, 1.807) is 0 Å². The van der Waals surface area contributed by atoms with E-state index in [0.717, 1.165) is 19.3 Å². The lowest BCUT2D eigenvalue weighted by Gasteiger charge is -2.07. The van der Waals surface area contributed by atoms with Gasteiger partial charge in [0.25, 0.3) is 0 Å². The van der Waals surface area contributed by atoms with Crippen LogP contribution in [-0.4, -0.2) is 17.6 Å². The lowest BCUT2D eigenvalue weighted by atomic mass is 10.0. The van der Waals surface area contributed by atoms with Gasteiger partial charge in [0.1, 0.15) is 0 Å². The molecule has 0 bridgehead atoms. The van der Waals surface area contributed by atoms with Gasteiger partial charge >= 0.3 is 5.97 Å². The molecule has 0 aromatic rings. The standard InChI is InChI=1S/C8H17NO2/c1-7(5-6-9)3-2-4-8(10)11/h7H,2-6,9H2,1H3,(H,10,11)/t7-/m1/s1. The zero-order valence-corrected chi connectivity index (χ0v) is 7.05. The van der Waals surface area contributed by atoms with Crippen molar-refractivity contribution in [2.45, 2.75) is 32.6 Å². The predicted molar refractivity (Wildman–Crippen MR) is 44.3 cm³/mol. The molecule has 0 aliphatic rings. The van der Waals surface area contributed by atoms with Crippen molar-refractivity contribution >= 4 is 5.97 Å². The van der Waals surface area contributed by atoms with Gasteiger partial charge in [0, 0.05) is 6.42 Å². The monoisotopic (exact) mass is 159 g/mol. The van der Waals surface area contributed by atoms with Crippen molar-refractivity contribution in [1.29, 1.82) is 0 Å². The van der Waals surface area contributed by atoms with E-state index in [2.05, 4.69) is 6.92 Å². The molecule has 0 aromatic carbocycles. The van der Waals surface area contributed by atoms with Gasteiger partial charge in [-0.2, -0.15) is 0 Å². The normalized spacial score (nSPS) is 12.9. The third-order valence-corrected chi connectivity index (χ3v) is 1.75. The molecule has 0 aliphatic heterocycles. The van der Waals surface area contributed by atoms with Gasteiger partial charge in [-0.3, -0.25) is 4.79 Å². The van der Waals surface area contributed by atoms with Crippen LogP contribution < -0.4 is 5.73 Å². The first-order chi connectivity index (χ1) is 5.16. The molecule has 0 saturated heterocycles. The Labute approximate surface area is 67.6 Å². The predicted octanol–water partition coefficient (Wildman–Crippen LogP) is 1.23. The largest absolute Gasteiger partial charge is 0.481 e. The van der Waals surface area contributed by atoms with Gasteiger partial charge in [-0.15, -0.1) is 0 Å². The maximum atomic E-state index is 10.1. The van der Waals surface area contributed by atoms with Crippen LogP contribution in [0, 0.1) is 5.92 Å². The SMILES string of the molecule is C[C@@H](CCN)CCCC(=O)O. The van der Waals surface area contributed by atoms with Crippen molar-refractivity contribution in [2.24, 2.45) is 11.7 Å². The Kier molecular flexibility index (Phi) is 5.84. The fourth-order valence-electron chi connectivity index (χ4n) is 1.03. The maximum Gasteiger partial charge on any atom is 0.303 e. The number of nitrogens with two attached hydrogens (primary N) is 1. The van der Waals surface area contributed by atoms with Crippen molar-refractivity contribution in [2.75, 3.05) is 6.54 Å². The zero-order valence-electron chi connectivity index (χ0n) is 7.05. The molecule has 0 rings (SSSR count). The van der Waals surface area contributed by atoms with Gasteiger partial charge in [-0.1, -0.05) is 13.3 Å². The van der Waals surface area contributed by atoms with Crippen LogP contribution in [0.3, 0.4) is 0 Å². The van der Waals surface area contributed by atoms with E-state index in [1.165, 1.54) is 0 Å². The number of rotatable bonds is 6. The van der Waals surface area contributed by atoms with E-state index in [-0.39, 0.29) is 6.42 Å². The summed E-state index contributed by atoms with van der Waals surface area (Å²) < 4.78 is 0. The molecule has 0 aromatic heterocycles. The minimum absolute atomic E-state index is 0.287. The van der Waals surface area contributed by atoms with E-state index in [4.69, 9.17) is 10.8 Å². The number of carboxylic acids is 1. The van der Waals surface area contributed by atoms with E-state index in [0.29, 0.717) is 12.5 Å². The highest BCUT2D eigenvalue weighted by Gasteiger charge is 2.02. The molecular formula is C8H17NO2. The van der Waals surface area contributed by atoms with Crippen molar-refractivity contribution < 1.29 is 9.90 Å². The van der Waals surface area contributed by atoms with Gasteiger partial charge < -0.3 is 10.8 Å². The fourth-order valence-corrected chi connectivity index (χ4v) is 1.03. The number of aliphatic carboxylic acids is 1. The molecule has 0 saturated carbocycles. The molecule has 1 atom stereocenters. The Balaban J connectivity index is 3.16. The van der Waals surface area contributed by atoms with Crippen LogP contribution in [0.25, 0.3) is 0 Å². The summed E-state index contributed by atoms with van der Waals surface area (Å²) in [5, 5.41) is 8.33.